The number of nitrogens with one attached hydrogen (secondary N) is 2. The van der Waals surface area contributed by atoms with Crippen LogP contribution in [0.4, 0.5) is 13.2 Å². The van der Waals surface area contributed by atoms with Gasteiger partial charge in [-0.3, -0.25) is 4.99 Å². The standard InChI is InChI=1S/C16H26F3N5O/c1-10(2)14-23-13(25-24-14)7-8-21-15(20-3)22-12-6-4-5-11(9-12)16(17,18)19/h10-12H,4-9H2,1-3H3,(H2,20,21,22). The van der Waals surface area contributed by atoms with E-state index in [-0.39, 0.29) is 24.8 Å². The van der Waals surface area contributed by atoms with Gasteiger partial charge in [0.2, 0.25) is 5.89 Å². The zero-order valence-corrected chi connectivity index (χ0v) is 14.9. The smallest absolute Gasteiger partial charge is 0.356 e. The lowest BCUT2D eigenvalue weighted by molar-refractivity contribution is -0.183. The average Bonchev–Trinajstić information content (AvgIpc) is 3.02. The lowest BCUT2D eigenvalue weighted by Crippen LogP contribution is -2.47. The number of hydrogen-bond acceptors (Lipinski definition) is 4. The Kier molecular flexibility index (Phi) is 6.66. The third kappa shape index (κ3) is 5.89. The Balaban J connectivity index is 1.78. The Morgan fingerprint density at radius 3 is 2.72 bits per heavy atom. The summed E-state index contributed by atoms with van der Waals surface area (Å²) >= 11 is 0. The van der Waals surface area contributed by atoms with E-state index in [2.05, 4.69) is 25.8 Å². The van der Waals surface area contributed by atoms with Gasteiger partial charge < -0.3 is 15.2 Å². The summed E-state index contributed by atoms with van der Waals surface area (Å²) in [5, 5.41) is 10.1. The van der Waals surface area contributed by atoms with Gasteiger partial charge in [0.05, 0.1) is 5.92 Å². The van der Waals surface area contributed by atoms with Crippen LogP contribution in [0.5, 0.6) is 0 Å². The molecular formula is C16H26F3N5O. The van der Waals surface area contributed by atoms with Crippen LogP contribution in [0, 0.1) is 5.92 Å². The Morgan fingerprint density at radius 1 is 1.36 bits per heavy atom. The number of rotatable bonds is 5. The predicted molar refractivity (Wildman–Crippen MR) is 88.4 cm³/mol. The van der Waals surface area contributed by atoms with Crippen molar-refractivity contribution >= 4 is 5.96 Å². The van der Waals surface area contributed by atoms with Crippen molar-refractivity contribution in [3.63, 3.8) is 0 Å². The van der Waals surface area contributed by atoms with Crippen molar-refractivity contribution in [2.75, 3.05) is 13.6 Å². The monoisotopic (exact) mass is 361 g/mol. The van der Waals surface area contributed by atoms with Gasteiger partial charge in [-0.15, -0.1) is 0 Å². The first-order valence-electron chi connectivity index (χ1n) is 8.66. The molecule has 142 valence electrons. The van der Waals surface area contributed by atoms with Crippen LogP contribution < -0.4 is 10.6 Å². The molecule has 1 aromatic heterocycles. The largest absolute Gasteiger partial charge is 0.391 e. The molecule has 9 heteroatoms. The Morgan fingerprint density at radius 2 is 2.12 bits per heavy atom. The van der Waals surface area contributed by atoms with Gasteiger partial charge in [0.25, 0.3) is 0 Å². The molecule has 2 rings (SSSR count). The van der Waals surface area contributed by atoms with Crippen LogP contribution >= 0.6 is 0 Å². The first-order chi connectivity index (χ1) is 11.8. The Bertz CT molecular complexity index is 570. The Labute approximate surface area is 145 Å². The number of nitrogens with zero attached hydrogens (tertiary/aromatic N) is 3. The number of aromatic nitrogens is 2. The van der Waals surface area contributed by atoms with Crippen LogP contribution in [0.3, 0.4) is 0 Å². The molecule has 0 bridgehead atoms. The third-order valence-corrected chi connectivity index (χ3v) is 4.33. The van der Waals surface area contributed by atoms with Gasteiger partial charge in [-0.05, 0) is 19.3 Å². The molecule has 1 aromatic rings. The molecule has 2 N–H and O–H groups in total. The van der Waals surface area contributed by atoms with E-state index in [0.717, 1.165) is 0 Å². The average molecular weight is 361 g/mol. The molecule has 1 saturated carbocycles. The number of hydrogen-bond donors (Lipinski definition) is 2. The molecule has 2 unspecified atom stereocenters. The molecule has 1 aliphatic rings. The minimum absolute atomic E-state index is 0.0889. The van der Waals surface area contributed by atoms with Gasteiger partial charge >= 0.3 is 6.18 Å². The summed E-state index contributed by atoms with van der Waals surface area (Å²) < 4.78 is 43.8. The van der Waals surface area contributed by atoms with Gasteiger partial charge in [0.1, 0.15) is 0 Å². The van der Waals surface area contributed by atoms with E-state index >= 15 is 0 Å². The predicted octanol–water partition coefficient (Wildman–Crippen LogP) is 3.02. The maximum atomic E-state index is 12.9. The molecule has 6 nitrogen and oxygen atoms in total. The van der Waals surface area contributed by atoms with E-state index in [4.69, 9.17) is 4.52 Å². The second-order valence-corrected chi connectivity index (χ2v) is 6.70. The zero-order valence-electron chi connectivity index (χ0n) is 14.9. The highest BCUT2D eigenvalue weighted by atomic mass is 19.4. The molecule has 1 fully saturated rings. The number of aliphatic imine (C=N–C) groups is 1. The van der Waals surface area contributed by atoms with Crippen LogP contribution in [-0.4, -0.2) is 41.9 Å². The maximum Gasteiger partial charge on any atom is 0.391 e. The SMILES string of the molecule is CN=C(NCCc1nc(C(C)C)no1)NC1CCCC(C(F)(F)F)C1. The van der Waals surface area contributed by atoms with Crippen molar-refractivity contribution < 1.29 is 17.7 Å². The molecule has 0 saturated heterocycles. The topological polar surface area (TPSA) is 75.3 Å². The zero-order chi connectivity index (χ0) is 18.4. The Hall–Kier alpha value is -1.80. The van der Waals surface area contributed by atoms with Crippen molar-refractivity contribution in [1.29, 1.82) is 0 Å². The van der Waals surface area contributed by atoms with Gasteiger partial charge in [-0.1, -0.05) is 25.4 Å². The summed E-state index contributed by atoms with van der Waals surface area (Å²) in [5.74, 6) is 0.660. The molecule has 0 aliphatic heterocycles. The van der Waals surface area contributed by atoms with Gasteiger partial charge in [0, 0.05) is 32.0 Å². The summed E-state index contributed by atoms with van der Waals surface area (Å²) in [4.78, 5) is 8.36. The molecule has 0 spiro atoms. The second-order valence-electron chi connectivity index (χ2n) is 6.70. The van der Waals surface area contributed by atoms with E-state index in [1.807, 2.05) is 13.8 Å². The summed E-state index contributed by atoms with van der Waals surface area (Å²) in [6, 6.07) is -0.220. The molecule has 0 aromatic carbocycles. The summed E-state index contributed by atoms with van der Waals surface area (Å²) in [7, 11) is 1.60. The fraction of sp³-hybridized carbons (Fsp3) is 0.812. The second kappa shape index (κ2) is 8.53. The van der Waals surface area contributed by atoms with Crippen molar-refractivity contribution in [1.82, 2.24) is 20.8 Å². The van der Waals surface area contributed by atoms with Crippen LogP contribution in [0.15, 0.2) is 9.52 Å². The molecule has 25 heavy (non-hydrogen) atoms. The first-order valence-corrected chi connectivity index (χ1v) is 8.66. The molecule has 1 heterocycles. The molecule has 0 radical (unpaired) electrons. The molecule has 2 atom stereocenters. The molecular weight excluding hydrogens is 335 g/mol. The highest BCUT2D eigenvalue weighted by molar-refractivity contribution is 5.79. The maximum absolute atomic E-state index is 12.9. The molecule has 0 amide bonds. The fourth-order valence-electron chi connectivity index (χ4n) is 2.90. The van der Waals surface area contributed by atoms with E-state index in [9.17, 15) is 13.2 Å². The van der Waals surface area contributed by atoms with E-state index in [0.29, 0.717) is 43.5 Å². The lowest BCUT2D eigenvalue weighted by atomic mass is 9.85. The minimum atomic E-state index is -4.12. The van der Waals surface area contributed by atoms with E-state index in [1.165, 1.54) is 0 Å². The molecule has 1 aliphatic carbocycles. The van der Waals surface area contributed by atoms with Crippen LogP contribution in [0.1, 0.15) is 57.2 Å². The normalized spacial score (nSPS) is 22.3. The summed E-state index contributed by atoms with van der Waals surface area (Å²) in [6.45, 7) is 4.48. The number of alkyl halides is 3. The van der Waals surface area contributed by atoms with Gasteiger partial charge in [0.15, 0.2) is 11.8 Å². The van der Waals surface area contributed by atoms with E-state index in [1.54, 1.807) is 7.05 Å². The number of halogens is 3. The summed E-state index contributed by atoms with van der Waals surface area (Å²) in [6.07, 6.45) is -2.01. The van der Waals surface area contributed by atoms with Crippen LogP contribution in [0.2, 0.25) is 0 Å². The van der Waals surface area contributed by atoms with E-state index < -0.39 is 12.1 Å². The quantitative estimate of drug-likeness (QED) is 0.623. The van der Waals surface area contributed by atoms with Crippen molar-refractivity contribution in [3.05, 3.63) is 11.7 Å². The van der Waals surface area contributed by atoms with Crippen LogP contribution in [0.25, 0.3) is 0 Å². The van der Waals surface area contributed by atoms with Crippen molar-refractivity contribution in [2.45, 2.75) is 64.1 Å². The minimum Gasteiger partial charge on any atom is -0.356 e. The van der Waals surface area contributed by atoms with Gasteiger partial charge in [-0.2, -0.15) is 18.2 Å². The van der Waals surface area contributed by atoms with Crippen molar-refractivity contribution in [2.24, 2.45) is 10.9 Å². The fourth-order valence-corrected chi connectivity index (χ4v) is 2.90. The first kappa shape index (κ1) is 19.5. The lowest BCUT2D eigenvalue weighted by Gasteiger charge is -2.31. The summed E-state index contributed by atoms with van der Waals surface area (Å²) in [5.41, 5.74) is 0. The third-order valence-electron chi connectivity index (χ3n) is 4.33. The highest BCUT2D eigenvalue weighted by Gasteiger charge is 2.42. The van der Waals surface area contributed by atoms with Crippen LogP contribution in [-0.2, 0) is 6.42 Å². The van der Waals surface area contributed by atoms with Crippen molar-refractivity contribution in [3.8, 4) is 0 Å². The van der Waals surface area contributed by atoms with Gasteiger partial charge in [-0.25, -0.2) is 0 Å². The highest BCUT2D eigenvalue weighted by Crippen LogP contribution is 2.37. The number of guanidine groups is 1.